The van der Waals surface area contributed by atoms with E-state index in [9.17, 15) is 18.0 Å². The summed E-state index contributed by atoms with van der Waals surface area (Å²) in [7, 11) is 1.72. The van der Waals surface area contributed by atoms with Crippen LogP contribution in [0.25, 0.3) is 0 Å². The molecule has 2 aromatic carbocycles. The third kappa shape index (κ3) is 4.29. The number of fused-ring (bicyclic) bond motifs is 1. The van der Waals surface area contributed by atoms with E-state index in [4.69, 9.17) is 4.74 Å². The number of carbonyl (C=O) groups excluding carboxylic acids is 1. The number of halogens is 3. The lowest BCUT2D eigenvalue weighted by Gasteiger charge is -2.36. The average Bonchev–Trinajstić information content (AvgIpc) is 2.70. The highest BCUT2D eigenvalue weighted by atomic mass is 19.4. The zero-order chi connectivity index (χ0) is 22.3. The summed E-state index contributed by atoms with van der Waals surface area (Å²) in [5.41, 5.74) is 5.51. The smallest absolute Gasteiger partial charge is 0.391 e. The number of aryl methyl sites for hydroxylation is 2. The first-order valence-corrected chi connectivity index (χ1v) is 10.4. The number of ether oxygens (including phenoxy) is 1. The van der Waals surface area contributed by atoms with Crippen LogP contribution in [0.1, 0.15) is 24.0 Å². The maximum atomic E-state index is 13.0. The lowest BCUT2D eigenvalue weighted by atomic mass is 9.94. The Kier molecular flexibility index (Phi) is 5.49. The zero-order valence-corrected chi connectivity index (χ0v) is 17.8. The van der Waals surface area contributed by atoms with Crippen LogP contribution in [0, 0.1) is 19.8 Å². The minimum atomic E-state index is -4.11. The number of anilines is 4. The minimum Gasteiger partial charge on any atom is -0.481 e. The summed E-state index contributed by atoms with van der Waals surface area (Å²) >= 11 is 0. The van der Waals surface area contributed by atoms with E-state index in [1.54, 1.807) is 11.9 Å². The topological polar surface area (TPSA) is 44.8 Å². The van der Waals surface area contributed by atoms with Crippen LogP contribution in [0.4, 0.5) is 35.9 Å². The molecule has 166 valence electrons. The van der Waals surface area contributed by atoms with Crippen LogP contribution in [0.2, 0.25) is 0 Å². The number of alkyl halides is 3. The van der Waals surface area contributed by atoms with Gasteiger partial charge in [-0.2, -0.15) is 13.2 Å². The number of hydrogen-bond acceptors (Lipinski definition) is 4. The molecule has 5 nitrogen and oxygen atoms in total. The Balaban J connectivity index is 1.50. The number of piperidine rings is 1. The van der Waals surface area contributed by atoms with Crippen LogP contribution in [-0.2, 0) is 4.79 Å². The molecule has 1 saturated heterocycles. The van der Waals surface area contributed by atoms with Crippen molar-refractivity contribution >= 4 is 28.7 Å². The number of rotatable bonds is 3. The Labute approximate surface area is 179 Å². The van der Waals surface area contributed by atoms with E-state index in [0.29, 0.717) is 18.8 Å². The van der Waals surface area contributed by atoms with Gasteiger partial charge in [-0.3, -0.25) is 4.79 Å². The van der Waals surface area contributed by atoms with Crippen molar-refractivity contribution in [2.75, 3.05) is 41.9 Å². The summed E-state index contributed by atoms with van der Waals surface area (Å²) in [6.45, 7) is 4.81. The second-order valence-electron chi connectivity index (χ2n) is 8.31. The molecule has 0 saturated carbocycles. The fraction of sp³-hybridized carbons (Fsp3) is 0.435. The van der Waals surface area contributed by atoms with Crippen molar-refractivity contribution in [3.05, 3.63) is 41.5 Å². The van der Waals surface area contributed by atoms with Crippen molar-refractivity contribution in [1.29, 1.82) is 0 Å². The van der Waals surface area contributed by atoms with Crippen molar-refractivity contribution in [3.8, 4) is 5.75 Å². The third-order valence-electron chi connectivity index (χ3n) is 6.10. The molecule has 0 atom stereocenters. The molecule has 1 amide bonds. The first-order valence-electron chi connectivity index (χ1n) is 10.4. The molecule has 2 aromatic rings. The molecule has 0 radical (unpaired) electrons. The normalized spacial score (nSPS) is 17.4. The number of nitrogens with zero attached hydrogens (tertiary/aromatic N) is 2. The highest BCUT2D eigenvalue weighted by molar-refractivity contribution is 5.97. The fourth-order valence-electron chi connectivity index (χ4n) is 4.48. The van der Waals surface area contributed by atoms with E-state index in [2.05, 4.69) is 10.2 Å². The van der Waals surface area contributed by atoms with Gasteiger partial charge in [-0.1, -0.05) is 0 Å². The molecule has 2 aliphatic heterocycles. The van der Waals surface area contributed by atoms with Crippen molar-refractivity contribution in [2.45, 2.75) is 32.9 Å². The highest BCUT2D eigenvalue weighted by Crippen LogP contribution is 2.39. The Hall–Kier alpha value is -2.90. The van der Waals surface area contributed by atoms with Crippen LogP contribution in [0.5, 0.6) is 5.75 Å². The van der Waals surface area contributed by atoms with E-state index < -0.39 is 12.1 Å². The highest BCUT2D eigenvalue weighted by Gasteiger charge is 2.41. The van der Waals surface area contributed by atoms with Crippen LogP contribution in [0.15, 0.2) is 30.3 Å². The Morgan fingerprint density at radius 3 is 2.29 bits per heavy atom. The summed E-state index contributed by atoms with van der Waals surface area (Å²) in [5.74, 6) is -0.648. The van der Waals surface area contributed by atoms with Gasteiger partial charge in [0.25, 0.3) is 5.91 Å². The number of benzene rings is 2. The molecule has 31 heavy (non-hydrogen) atoms. The molecule has 1 fully saturated rings. The van der Waals surface area contributed by atoms with Gasteiger partial charge in [-0.25, -0.2) is 0 Å². The molecule has 0 aliphatic carbocycles. The van der Waals surface area contributed by atoms with Crippen LogP contribution < -0.4 is 19.9 Å². The fourth-order valence-corrected chi connectivity index (χ4v) is 4.48. The molecule has 2 heterocycles. The lowest BCUT2D eigenvalue weighted by molar-refractivity contribution is -0.179. The number of amides is 1. The summed E-state index contributed by atoms with van der Waals surface area (Å²) in [6.07, 6.45) is -3.84. The standard InChI is InChI=1S/C23H26F3N3O2/c1-14-10-18(27-17-4-5-19-20(12-17)31-13-21(30)28(19)3)11-15(2)22(14)29-8-6-16(7-9-29)23(24,25)26/h4-5,10-12,16,27H,6-9,13H2,1-3H3. The van der Waals surface area contributed by atoms with Crippen molar-refractivity contribution < 1.29 is 22.7 Å². The van der Waals surface area contributed by atoms with Gasteiger partial charge in [-0.05, 0) is 62.1 Å². The lowest BCUT2D eigenvalue weighted by Crippen LogP contribution is -2.39. The van der Waals surface area contributed by atoms with Gasteiger partial charge in [0, 0.05) is 43.3 Å². The monoisotopic (exact) mass is 433 g/mol. The summed E-state index contributed by atoms with van der Waals surface area (Å²) in [4.78, 5) is 15.4. The van der Waals surface area contributed by atoms with Gasteiger partial charge in [0.05, 0.1) is 11.6 Å². The first-order chi connectivity index (χ1) is 14.6. The van der Waals surface area contributed by atoms with Gasteiger partial charge >= 0.3 is 6.18 Å². The molecule has 0 bridgehead atoms. The van der Waals surface area contributed by atoms with Gasteiger partial charge in [0.1, 0.15) is 5.75 Å². The summed E-state index contributed by atoms with van der Waals surface area (Å²) in [5, 5.41) is 3.37. The van der Waals surface area contributed by atoms with E-state index in [1.165, 1.54) is 0 Å². The van der Waals surface area contributed by atoms with E-state index in [-0.39, 0.29) is 25.4 Å². The predicted molar refractivity (Wildman–Crippen MR) is 116 cm³/mol. The SMILES string of the molecule is Cc1cc(Nc2ccc3c(c2)OCC(=O)N3C)cc(C)c1N1CCC(C(F)(F)F)CC1. The van der Waals surface area contributed by atoms with Gasteiger partial charge in [0.2, 0.25) is 0 Å². The molecule has 1 N–H and O–H groups in total. The molecule has 0 aromatic heterocycles. The number of nitrogens with one attached hydrogen (secondary N) is 1. The minimum absolute atomic E-state index is 0.0187. The largest absolute Gasteiger partial charge is 0.481 e. The van der Waals surface area contributed by atoms with Gasteiger partial charge in [0.15, 0.2) is 6.61 Å². The Morgan fingerprint density at radius 1 is 1.03 bits per heavy atom. The number of likely N-dealkylation sites (N-methyl/N-ethyl adjacent to an activating group) is 1. The second-order valence-corrected chi connectivity index (χ2v) is 8.31. The molecule has 2 aliphatic rings. The van der Waals surface area contributed by atoms with E-state index in [0.717, 1.165) is 33.9 Å². The maximum absolute atomic E-state index is 13.0. The molecule has 0 unspecified atom stereocenters. The maximum Gasteiger partial charge on any atom is 0.391 e. The van der Waals surface area contributed by atoms with E-state index >= 15 is 0 Å². The Bertz CT molecular complexity index is 975. The molecule has 8 heteroatoms. The molecular formula is C23H26F3N3O2. The van der Waals surface area contributed by atoms with Crippen molar-refractivity contribution in [1.82, 2.24) is 0 Å². The van der Waals surface area contributed by atoms with Crippen molar-refractivity contribution in [3.63, 3.8) is 0 Å². The third-order valence-corrected chi connectivity index (χ3v) is 6.10. The zero-order valence-electron chi connectivity index (χ0n) is 17.8. The van der Waals surface area contributed by atoms with Crippen LogP contribution >= 0.6 is 0 Å². The number of carbonyl (C=O) groups is 1. The Morgan fingerprint density at radius 2 is 1.68 bits per heavy atom. The summed E-state index contributed by atoms with van der Waals surface area (Å²) in [6, 6.07) is 9.60. The van der Waals surface area contributed by atoms with Gasteiger partial charge < -0.3 is 19.9 Å². The van der Waals surface area contributed by atoms with E-state index in [1.807, 2.05) is 44.2 Å². The van der Waals surface area contributed by atoms with Crippen LogP contribution in [0.3, 0.4) is 0 Å². The molecule has 4 rings (SSSR count). The van der Waals surface area contributed by atoms with Crippen molar-refractivity contribution in [2.24, 2.45) is 5.92 Å². The summed E-state index contributed by atoms with van der Waals surface area (Å²) < 4.78 is 44.5. The first kappa shape index (κ1) is 21.3. The quantitative estimate of drug-likeness (QED) is 0.725. The predicted octanol–water partition coefficient (Wildman–Crippen LogP) is 5.18. The number of hydrogen-bond donors (Lipinski definition) is 1. The average molecular weight is 433 g/mol. The second kappa shape index (κ2) is 7.98. The molecular weight excluding hydrogens is 407 g/mol. The molecule has 0 spiro atoms. The van der Waals surface area contributed by atoms with Gasteiger partial charge in [-0.15, -0.1) is 0 Å². The van der Waals surface area contributed by atoms with Crippen LogP contribution in [-0.4, -0.2) is 38.8 Å².